The van der Waals surface area contributed by atoms with Crippen molar-refractivity contribution in [2.45, 2.75) is 57.1 Å². The molecule has 168 valence electrons. The summed E-state index contributed by atoms with van der Waals surface area (Å²) >= 11 is 1.45. The first-order valence-electron chi connectivity index (χ1n) is 11.1. The Kier molecular flexibility index (Phi) is 7.15. The van der Waals surface area contributed by atoms with Crippen molar-refractivity contribution in [3.63, 3.8) is 0 Å². The molecule has 1 fully saturated rings. The van der Waals surface area contributed by atoms with E-state index in [1.807, 2.05) is 56.3 Å². The fourth-order valence-electron chi connectivity index (χ4n) is 4.17. The Hall–Kier alpha value is -2.80. The second kappa shape index (κ2) is 10.2. The molecule has 1 aromatic heterocycles. The summed E-state index contributed by atoms with van der Waals surface area (Å²) in [7, 11) is 1.66. The average molecular weight is 451 g/mol. The molecule has 3 aromatic rings. The lowest BCUT2D eigenvalue weighted by Gasteiger charge is -2.25. The number of nitrogens with zero attached hydrogens (tertiary/aromatic N) is 3. The molecule has 0 bridgehead atoms. The van der Waals surface area contributed by atoms with E-state index in [1.165, 1.54) is 31.0 Å². The van der Waals surface area contributed by atoms with Gasteiger partial charge >= 0.3 is 0 Å². The van der Waals surface area contributed by atoms with Crippen LogP contribution in [0.25, 0.3) is 11.4 Å². The first-order chi connectivity index (χ1) is 15.5. The van der Waals surface area contributed by atoms with Gasteiger partial charge in [0, 0.05) is 17.3 Å². The molecule has 0 aliphatic heterocycles. The number of carbonyl (C=O) groups is 1. The Bertz CT molecular complexity index is 1070. The van der Waals surface area contributed by atoms with Gasteiger partial charge in [-0.05, 0) is 68.1 Å². The minimum atomic E-state index is -0.0344. The Balaban J connectivity index is 1.54. The maximum absolute atomic E-state index is 12.7. The molecule has 0 atom stereocenters. The van der Waals surface area contributed by atoms with Crippen LogP contribution in [0.15, 0.2) is 47.6 Å². The summed E-state index contributed by atoms with van der Waals surface area (Å²) in [6.07, 6.45) is 5.92. The second-order valence-corrected chi connectivity index (χ2v) is 9.29. The highest BCUT2D eigenvalue weighted by Crippen LogP contribution is 2.36. The molecule has 0 radical (unpaired) electrons. The van der Waals surface area contributed by atoms with Gasteiger partial charge < -0.3 is 10.1 Å². The van der Waals surface area contributed by atoms with Crippen molar-refractivity contribution in [3.05, 3.63) is 53.6 Å². The number of ether oxygens (including phenoxy) is 1. The molecule has 4 rings (SSSR count). The van der Waals surface area contributed by atoms with Crippen LogP contribution in [-0.4, -0.2) is 33.5 Å². The predicted octanol–water partition coefficient (Wildman–Crippen LogP) is 5.81. The van der Waals surface area contributed by atoms with Gasteiger partial charge in [-0.15, -0.1) is 10.2 Å². The minimum absolute atomic E-state index is 0.0344. The second-order valence-electron chi connectivity index (χ2n) is 8.35. The number of aryl methyl sites for hydroxylation is 2. The number of hydrogen-bond acceptors (Lipinski definition) is 5. The minimum Gasteiger partial charge on any atom is -0.497 e. The predicted molar refractivity (Wildman–Crippen MR) is 129 cm³/mol. The fourth-order valence-corrected chi connectivity index (χ4v) is 4.97. The zero-order valence-corrected chi connectivity index (χ0v) is 19.7. The van der Waals surface area contributed by atoms with Crippen molar-refractivity contribution >= 4 is 23.4 Å². The van der Waals surface area contributed by atoms with E-state index in [0.717, 1.165) is 51.9 Å². The largest absolute Gasteiger partial charge is 0.497 e. The highest BCUT2D eigenvalue weighted by Gasteiger charge is 2.24. The topological polar surface area (TPSA) is 69.0 Å². The molecule has 0 unspecified atom stereocenters. The molecule has 1 aliphatic rings. The maximum atomic E-state index is 12.7. The third kappa shape index (κ3) is 5.15. The van der Waals surface area contributed by atoms with Crippen LogP contribution < -0.4 is 10.1 Å². The zero-order valence-electron chi connectivity index (χ0n) is 18.9. The van der Waals surface area contributed by atoms with Gasteiger partial charge in [-0.3, -0.25) is 9.36 Å². The third-order valence-electron chi connectivity index (χ3n) is 5.95. The van der Waals surface area contributed by atoms with Crippen molar-refractivity contribution in [1.82, 2.24) is 14.8 Å². The average Bonchev–Trinajstić information content (AvgIpc) is 3.24. The molecular weight excluding hydrogens is 420 g/mol. The number of rotatable bonds is 7. The normalized spacial score (nSPS) is 14.3. The molecule has 2 aromatic carbocycles. The molecule has 1 N–H and O–H groups in total. The van der Waals surface area contributed by atoms with E-state index < -0.39 is 0 Å². The van der Waals surface area contributed by atoms with Gasteiger partial charge in [0.25, 0.3) is 0 Å². The first-order valence-corrected chi connectivity index (χ1v) is 12.1. The Labute approximate surface area is 193 Å². The van der Waals surface area contributed by atoms with E-state index in [9.17, 15) is 4.79 Å². The summed E-state index contributed by atoms with van der Waals surface area (Å²) in [6, 6.07) is 14.4. The Morgan fingerprint density at radius 3 is 2.56 bits per heavy atom. The van der Waals surface area contributed by atoms with Crippen LogP contribution in [-0.2, 0) is 4.79 Å². The highest BCUT2D eigenvalue weighted by molar-refractivity contribution is 7.99. The van der Waals surface area contributed by atoms with E-state index >= 15 is 0 Å². The van der Waals surface area contributed by atoms with Crippen LogP contribution in [0.3, 0.4) is 0 Å². The smallest absolute Gasteiger partial charge is 0.234 e. The van der Waals surface area contributed by atoms with E-state index in [-0.39, 0.29) is 5.91 Å². The van der Waals surface area contributed by atoms with Gasteiger partial charge in [-0.25, -0.2) is 0 Å². The van der Waals surface area contributed by atoms with E-state index in [4.69, 9.17) is 4.74 Å². The monoisotopic (exact) mass is 450 g/mol. The number of nitrogens with one attached hydrogen (secondary N) is 1. The summed E-state index contributed by atoms with van der Waals surface area (Å²) in [6.45, 7) is 4.03. The standard InChI is InChI=1S/C25H30N4O2S/c1-17-9-10-18(2)22(15-17)26-23(30)16-32-25-28-27-24(19-11-13-21(31-3)14-12-19)29(25)20-7-5-4-6-8-20/h9-15,20H,4-8,16H2,1-3H3,(H,26,30). The van der Waals surface area contributed by atoms with Gasteiger partial charge in [-0.1, -0.05) is 43.2 Å². The molecule has 1 heterocycles. The number of anilines is 1. The van der Waals surface area contributed by atoms with Crippen LogP contribution >= 0.6 is 11.8 Å². The van der Waals surface area contributed by atoms with E-state index in [1.54, 1.807) is 7.11 Å². The summed E-state index contributed by atoms with van der Waals surface area (Å²) in [4.78, 5) is 12.7. The van der Waals surface area contributed by atoms with Crippen LogP contribution in [0, 0.1) is 13.8 Å². The van der Waals surface area contributed by atoms with Crippen LogP contribution in [0.4, 0.5) is 5.69 Å². The summed E-state index contributed by atoms with van der Waals surface area (Å²) in [5.41, 5.74) is 4.06. The summed E-state index contributed by atoms with van der Waals surface area (Å²) in [5.74, 6) is 1.93. The van der Waals surface area contributed by atoms with Gasteiger partial charge in [-0.2, -0.15) is 0 Å². The van der Waals surface area contributed by atoms with Crippen LogP contribution in [0.1, 0.15) is 49.3 Å². The van der Waals surface area contributed by atoms with Crippen LogP contribution in [0.5, 0.6) is 5.75 Å². The molecular formula is C25H30N4O2S. The molecule has 32 heavy (non-hydrogen) atoms. The van der Waals surface area contributed by atoms with Gasteiger partial charge in [0.1, 0.15) is 5.75 Å². The zero-order chi connectivity index (χ0) is 22.5. The maximum Gasteiger partial charge on any atom is 0.234 e. The van der Waals surface area contributed by atoms with Gasteiger partial charge in [0.15, 0.2) is 11.0 Å². The lowest BCUT2D eigenvalue weighted by Crippen LogP contribution is -2.17. The number of benzene rings is 2. The number of aromatic nitrogens is 3. The lowest BCUT2D eigenvalue weighted by atomic mass is 9.95. The molecule has 1 amide bonds. The van der Waals surface area contributed by atoms with E-state index in [2.05, 4.69) is 20.1 Å². The van der Waals surface area contributed by atoms with Gasteiger partial charge in [0.05, 0.1) is 12.9 Å². The van der Waals surface area contributed by atoms with Gasteiger partial charge in [0.2, 0.25) is 5.91 Å². The van der Waals surface area contributed by atoms with E-state index in [0.29, 0.717) is 11.8 Å². The quantitative estimate of drug-likeness (QED) is 0.460. The van der Waals surface area contributed by atoms with Crippen molar-refractivity contribution in [2.75, 3.05) is 18.2 Å². The Morgan fingerprint density at radius 1 is 1.09 bits per heavy atom. The molecule has 1 saturated carbocycles. The number of amides is 1. The SMILES string of the molecule is COc1ccc(-c2nnc(SCC(=O)Nc3cc(C)ccc3C)n2C2CCCCC2)cc1. The Morgan fingerprint density at radius 2 is 1.84 bits per heavy atom. The molecule has 0 spiro atoms. The first kappa shape index (κ1) is 22.4. The van der Waals surface area contributed by atoms with Crippen molar-refractivity contribution in [1.29, 1.82) is 0 Å². The van der Waals surface area contributed by atoms with Crippen molar-refractivity contribution < 1.29 is 9.53 Å². The highest BCUT2D eigenvalue weighted by atomic mass is 32.2. The molecule has 0 saturated heterocycles. The third-order valence-corrected chi connectivity index (χ3v) is 6.90. The van der Waals surface area contributed by atoms with Crippen LogP contribution in [0.2, 0.25) is 0 Å². The fraction of sp³-hybridized carbons (Fsp3) is 0.400. The number of carbonyl (C=O) groups excluding carboxylic acids is 1. The molecule has 6 nitrogen and oxygen atoms in total. The summed E-state index contributed by atoms with van der Waals surface area (Å²) in [5, 5.41) is 12.9. The lowest BCUT2D eigenvalue weighted by molar-refractivity contribution is -0.113. The van der Waals surface area contributed by atoms with Crippen molar-refractivity contribution in [3.8, 4) is 17.1 Å². The number of thioether (sulfide) groups is 1. The molecule has 1 aliphatic carbocycles. The molecule has 7 heteroatoms. The van der Waals surface area contributed by atoms with Crippen molar-refractivity contribution in [2.24, 2.45) is 0 Å². The summed E-state index contributed by atoms with van der Waals surface area (Å²) < 4.78 is 7.54. The number of hydrogen-bond donors (Lipinski definition) is 1. The number of methoxy groups -OCH3 is 1.